The molecule has 2 N–H and O–H groups in total. The molecule has 1 aromatic heterocycles. The van der Waals surface area contributed by atoms with E-state index >= 15 is 0 Å². The number of nitrogens with zero attached hydrogens (tertiary/aromatic N) is 1. The molecule has 2 amide bonds. The Balaban J connectivity index is 1.38. The van der Waals surface area contributed by atoms with Gasteiger partial charge in [-0.05, 0) is 57.2 Å². The maximum Gasteiger partial charge on any atom is 0.255 e. The van der Waals surface area contributed by atoms with Gasteiger partial charge in [-0.3, -0.25) is 9.59 Å². The van der Waals surface area contributed by atoms with E-state index in [1.54, 1.807) is 31.4 Å². The van der Waals surface area contributed by atoms with E-state index in [4.69, 9.17) is 4.74 Å². The second-order valence-corrected chi connectivity index (χ2v) is 10.9. The van der Waals surface area contributed by atoms with Gasteiger partial charge >= 0.3 is 0 Å². The number of nitrogens with one attached hydrogen (secondary N) is 2. The van der Waals surface area contributed by atoms with Gasteiger partial charge < -0.3 is 15.4 Å². The Morgan fingerprint density at radius 2 is 1.72 bits per heavy atom. The van der Waals surface area contributed by atoms with Crippen LogP contribution in [0.5, 0.6) is 5.75 Å². The number of carbonyl (C=O) groups is 2. The molecule has 0 spiro atoms. The smallest absolute Gasteiger partial charge is 0.255 e. The average molecular weight is 518 g/mol. The number of benzene rings is 3. The lowest BCUT2D eigenvalue weighted by molar-refractivity contribution is -0.115. The number of ether oxygens (including phenoxy) is 1. The summed E-state index contributed by atoms with van der Waals surface area (Å²) in [6.45, 7) is 5.90. The molecule has 6 nitrogen and oxygen atoms in total. The van der Waals surface area contributed by atoms with Crippen LogP contribution in [0.3, 0.4) is 0 Å². The molecule has 0 saturated carbocycles. The summed E-state index contributed by atoms with van der Waals surface area (Å²) >= 11 is 2.88. The number of anilines is 2. The topological polar surface area (TPSA) is 80.3 Å². The van der Waals surface area contributed by atoms with Crippen molar-refractivity contribution < 1.29 is 14.3 Å². The van der Waals surface area contributed by atoms with Crippen molar-refractivity contribution in [1.29, 1.82) is 0 Å². The molecule has 0 aliphatic rings. The number of methoxy groups -OCH3 is 1. The van der Waals surface area contributed by atoms with Gasteiger partial charge in [-0.25, -0.2) is 4.98 Å². The van der Waals surface area contributed by atoms with Crippen molar-refractivity contribution in [2.75, 3.05) is 17.7 Å². The van der Waals surface area contributed by atoms with Crippen molar-refractivity contribution >= 4 is 45.7 Å². The van der Waals surface area contributed by atoms with Crippen LogP contribution in [0, 0.1) is 13.8 Å². The third-order valence-electron chi connectivity index (χ3n) is 5.46. The van der Waals surface area contributed by atoms with E-state index in [1.807, 2.05) is 57.2 Å². The summed E-state index contributed by atoms with van der Waals surface area (Å²) in [5, 5.41) is 6.08. The number of aryl methyl sites for hydroxylation is 2. The van der Waals surface area contributed by atoms with Crippen LogP contribution < -0.4 is 15.4 Å². The van der Waals surface area contributed by atoms with E-state index in [2.05, 4.69) is 27.8 Å². The fraction of sp³-hybridized carbons (Fsp3) is 0.179. The first-order valence-electron chi connectivity index (χ1n) is 11.4. The molecular formula is C28H27N3O3S2. The van der Waals surface area contributed by atoms with Crippen LogP contribution in [-0.2, 0) is 4.79 Å². The van der Waals surface area contributed by atoms with Crippen LogP contribution in [-0.4, -0.2) is 29.2 Å². The second-order valence-electron chi connectivity index (χ2n) is 8.25. The van der Waals surface area contributed by atoms with Crippen molar-refractivity contribution in [3.8, 4) is 17.0 Å². The van der Waals surface area contributed by atoms with Gasteiger partial charge in [0.15, 0.2) is 5.13 Å². The van der Waals surface area contributed by atoms with Crippen LogP contribution >= 0.6 is 23.1 Å². The Morgan fingerprint density at radius 1 is 0.972 bits per heavy atom. The summed E-state index contributed by atoms with van der Waals surface area (Å²) in [6.07, 6.45) is 0. The fourth-order valence-corrected chi connectivity index (χ4v) is 5.27. The van der Waals surface area contributed by atoms with Crippen LogP contribution in [0.4, 0.5) is 10.8 Å². The number of hydrogen-bond donors (Lipinski definition) is 2. The number of aromatic nitrogens is 1. The highest BCUT2D eigenvalue weighted by molar-refractivity contribution is 8.00. The van der Waals surface area contributed by atoms with Crippen molar-refractivity contribution in [2.24, 2.45) is 0 Å². The average Bonchev–Trinajstić information content (AvgIpc) is 3.24. The van der Waals surface area contributed by atoms with Crippen molar-refractivity contribution in [1.82, 2.24) is 4.98 Å². The van der Waals surface area contributed by atoms with E-state index in [0.29, 0.717) is 22.1 Å². The van der Waals surface area contributed by atoms with Crippen molar-refractivity contribution in [2.45, 2.75) is 30.9 Å². The highest BCUT2D eigenvalue weighted by Crippen LogP contribution is 2.32. The molecule has 0 aliphatic heterocycles. The SMILES string of the molecule is COc1cccc(C(=O)Nc2cccc(SC(C)C(=O)Nc3nc(-c4ccc(C)cc4)c(C)s3)c2)c1. The van der Waals surface area contributed by atoms with Gasteiger partial charge in [0.1, 0.15) is 5.75 Å². The van der Waals surface area contributed by atoms with Gasteiger partial charge in [0.2, 0.25) is 5.91 Å². The first-order chi connectivity index (χ1) is 17.3. The molecule has 0 radical (unpaired) electrons. The molecule has 4 rings (SSSR count). The maximum absolute atomic E-state index is 12.9. The molecule has 184 valence electrons. The van der Waals surface area contributed by atoms with Crippen molar-refractivity contribution in [3.63, 3.8) is 0 Å². The zero-order chi connectivity index (χ0) is 25.7. The standard InChI is InChI=1S/C28H27N3O3S2/c1-17-11-13-20(14-12-17)25-18(2)36-28(30-25)31-26(32)19(3)35-24-10-6-8-22(16-24)29-27(33)21-7-5-9-23(15-21)34-4/h5-16,19H,1-4H3,(H,29,33)(H,30,31,32). The molecule has 1 unspecified atom stereocenters. The summed E-state index contributed by atoms with van der Waals surface area (Å²) < 4.78 is 5.19. The minimum Gasteiger partial charge on any atom is -0.497 e. The molecular weight excluding hydrogens is 490 g/mol. The highest BCUT2D eigenvalue weighted by atomic mass is 32.2. The number of carbonyl (C=O) groups excluding carboxylic acids is 2. The lowest BCUT2D eigenvalue weighted by Crippen LogP contribution is -2.22. The maximum atomic E-state index is 12.9. The van der Waals surface area contributed by atoms with Crippen LogP contribution in [0.15, 0.2) is 77.7 Å². The van der Waals surface area contributed by atoms with Crippen LogP contribution in [0.25, 0.3) is 11.3 Å². The third kappa shape index (κ3) is 6.33. The van der Waals surface area contributed by atoms with E-state index in [1.165, 1.54) is 28.7 Å². The molecule has 0 saturated heterocycles. The molecule has 0 aliphatic carbocycles. The third-order valence-corrected chi connectivity index (χ3v) is 7.44. The van der Waals surface area contributed by atoms with E-state index in [-0.39, 0.29) is 17.1 Å². The molecule has 1 atom stereocenters. The number of amides is 2. The Hall–Kier alpha value is -3.62. The first-order valence-corrected chi connectivity index (χ1v) is 13.1. The van der Waals surface area contributed by atoms with Gasteiger partial charge in [0.25, 0.3) is 5.91 Å². The Morgan fingerprint density at radius 3 is 2.47 bits per heavy atom. The summed E-state index contributed by atoms with van der Waals surface area (Å²) in [4.78, 5) is 32.1. The molecule has 4 aromatic rings. The van der Waals surface area contributed by atoms with Gasteiger partial charge in [-0.15, -0.1) is 23.1 Å². The zero-order valence-corrected chi connectivity index (χ0v) is 22.1. The number of thioether (sulfide) groups is 1. The highest BCUT2D eigenvalue weighted by Gasteiger charge is 2.18. The largest absolute Gasteiger partial charge is 0.497 e. The van der Waals surface area contributed by atoms with Crippen LogP contribution in [0.2, 0.25) is 0 Å². The van der Waals surface area contributed by atoms with E-state index in [9.17, 15) is 9.59 Å². The predicted octanol–water partition coefficient (Wildman–Crippen LogP) is 6.81. The Bertz CT molecular complexity index is 1380. The molecule has 0 fully saturated rings. The molecule has 3 aromatic carbocycles. The predicted molar refractivity (Wildman–Crippen MR) is 148 cm³/mol. The van der Waals surface area contributed by atoms with Gasteiger partial charge in [-0.1, -0.05) is 42.0 Å². The van der Waals surface area contributed by atoms with Gasteiger partial charge in [-0.2, -0.15) is 0 Å². The quantitative estimate of drug-likeness (QED) is 0.251. The zero-order valence-electron chi connectivity index (χ0n) is 20.5. The summed E-state index contributed by atoms with van der Waals surface area (Å²) in [6, 6.07) is 22.6. The Labute approximate surface area is 219 Å². The Kier molecular flexibility index (Phi) is 8.07. The van der Waals surface area contributed by atoms with E-state index < -0.39 is 0 Å². The normalized spacial score (nSPS) is 11.6. The minimum absolute atomic E-state index is 0.130. The lowest BCUT2D eigenvalue weighted by atomic mass is 10.1. The number of thiazole rings is 1. The van der Waals surface area contributed by atoms with Crippen LogP contribution in [0.1, 0.15) is 27.7 Å². The molecule has 1 heterocycles. The number of rotatable bonds is 8. The van der Waals surface area contributed by atoms with Crippen molar-refractivity contribution in [3.05, 3.63) is 88.8 Å². The van der Waals surface area contributed by atoms with E-state index in [0.717, 1.165) is 21.0 Å². The summed E-state index contributed by atoms with van der Waals surface area (Å²) in [5.41, 5.74) is 4.26. The van der Waals surface area contributed by atoms with Gasteiger partial charge in [0.05, 0.1) is 18.1 Å². The minimum atomic E-state index is -0.360. The molecule has 8 heteroatoms. The summed E-state index contributed by atoms with van der Waals surface area (Å²) in [7, 11) is 1.56. The molecule has 0 bridgehead atoms. The lowest BCUT2D eigenvalue weighted by Gasteiger charge is -2.12. The summed E-state index contributed by atoms with van der Waals surface area (Å²) in [5.74, 6) is 0.258. The fourth-order valence-electron chi connectivity index (χ4n) is 3.51. The molecule has 36 heavy (non-hydrogen) atoms. The second kappa shape index (κ2) is 11.4. The number of hydrogen-bond acceptors (Lipinski definition) is 6. The monoisotopic (exact) mass is 517 g/mol. The first kappa shape index (κ1) is 25.5. The van der Waals surface area contributed by atoms with Gasteiger partial charge in [0, 0.05) is 26.6 Å².